The fraction of sp³-hybridized carbons (Fsp3) is 1.00. The fourth-order valence-electron chi connectivity index (χ4n) is 1.03. The largest absolute Gasteiger partial charge is 0.629 e. The van der Waals surface area contributed by atoms with Crippen LogP contribution in [0.25, 0.3) is 0 Å². The summed E-state index contributed by atoms with van der Waals surface area (Å²) >= 11 is 0. The monoisotopic (exact) mass is 298 g/mol. The van der Waals surface area contributed by atoms with E-state index in [0.29, 0.717) is 0 Å². The predicted molar refractivity (Wildman–Crippen MR) is 52.1 cm³/mol. The van der Waals surface area contributed by atoms with Crippen LogP contribution in [-0.4, -0.2) is 48.0 Å². The van der Waals surface area contributed by atoms with Crippen LogP contribution in [0.3, 0.4) is 0 Å². The van der Waals surface area contributed by atoms with Crippen molar-refractivity contribution in [3.63, 3.8) is 0 Å². The predicted octanol–water partition coefficient (Wildman–Crippen LogP) is -0.736. The third-order valence-electron chi connectivity index (χ3n) is 1.26. The molecule has 0 spiro atoms. The molecule has 0 fully saturated rings. The standard InChI is InChI=1S/C3H10NO9P3/c5-4(1-14(6)7,2-15(8,9)10)3-16(11,12)13/h1-3H2,(H4-,6,7,8,9,10,11,12,13)/p+1. The van der Waals surface area contributed by atoms with Crippen LogP contribution in [0, 0.1) is 5.21 Å². The lowest BCUT2D eigenvalue weighted by Gasteiger charge is -2.37. The lowest BCUT2D eigenvalue weighted by atomic mass is 10.9. The Hall–Kier alpha value is 0.280. The molecule has 16 heavy (non-hydrogen) atoms. The first-order valence-electron chi connectivity index (χ1n) is 3.63. The van der Waals surface area contributed by atoms with Gasteiger partial charge in [0.05, 0.1) is 0 Å². The Balaban J connectivity index is 4.96. The zero-order valence-corrected chi connectivity index (χ0v) is 10.5. The molecule has 0 saturated carbocycles. The van der Waals surface area contributed by atoms with Gasteiger partial charge in [0, 0.05) is 0 Å². The summed E-state index contributed by atoms with van der Waals surface area (Å²) < 4.78 is 29.4. The Bertz CT molecular complexity index is 331. The highest BCUT2D eigenvalue weighted by Gasteiger charge is 2.40. The molecule has 0 amide bonds. The first kappa shape index (κ1) is 16.3. The Labute approximate surface area is 90.9 Å². The van der Waals surface area contributed by atoms with Crippen molar-refractivity contribution in [3.05, 3.63) is 5.21 Å². The van der Waals surface area contributed by atoms with Crippen molar-refractivity contribution in [2.45, 2.75) is 0 Å². The maximum Gasteiger partial charge on any atom is 0.566 e. The summed E-state index contributed by atoms with van der Waals surface area (Å²) in [7, 11) is -12.8. The molecule has 0 aromatic carbocycles. The zero-order valence-electron chi connectivity index (χ0n) is 7.78. The van der Waals surface area contributed by atoms with Crippen molar-refractivity contribution in [1.29, 1.82) is 0 Å². The Morgan fingerprint density at radius 3 is 1.56 bits per heavy atom. The van der Waals surface area contributed by atoms with E-state index in [-0.39, 0.29) is 0 Å². The van der Waals surface area contributed by atoms with Gasteiger partial charge in [0.15, 0.2) is 12.6 Å². The second-order valence-corrected chi connectivity index (χ2v) is 7.38. The van der Waals surface area contributed by atoms with E-state index in [4.69, 9.17) is 24.5 Å². The van der Waals surface area contributed by atoms with Crippen molar-refractivity contribution in [2.75, 3.05) is 18.9 Å². The molecular weight excluding hydrogens is 287 g/mol. The van der Waals surface area contributed by atoms with E-state index in [9.17, 15) is 18.9 Å². The van der Waals surface area contributed by atoms with Gasteiger partial charge in [0.2, 0.25) is 0 Å². The summed E-state index contributed by atoms with van der Waals surface area (Å²) in [5.41, 5.74) is 0. The van der Waals surface area contributed by atoms with Crippen molar-refractivity contribution in [3.8, 4) is 0 Å². The second kappa shape index (κ2) is 5.29. The Morgan fingerprint density at radius 1 is 1.06 bits per heavy atom. The van der Waals surface area contributed by atoms with E-state index in [0.717, 1.165) is 0 Å². The van der Waals surface area contributed by atoms with Gasteiger partial charge in [-0.05, 0) is 4.57 Å². The Kier molecular flexibility index (Phi) is 5.38. The molecular formula is C3H11NO9P3+. The molecule has 0 saturated heterocycles. The molecule has 5 N–H and O–H groups in total. The van der Waals surface area contributed by atoms with Gasteiger partial charge < -0.3 is 24.8 Å². The minimum Gasteiger partial charge on any atom is -0.629 e. The van der Waals surface area contributed by atoms with E-state index in [1.165, 1.54) is 0 Å². The molecule has 0 radical (unpaired) electrons. The van der Waals surface area contributed by atoms with E-state index in [2.05, 4.69) is 0 Å². The summed E-state index contributed by atoms with van der Waals surface area (Å²) in [6.45, 7) is 0. The highest BCUT2D eigenvalue weighted by atomic mass is 31.2. The molecule has 0 aromatic heterocycles. The molecule has 0 aliphatic heterocycles. The zero-order chi connectivity index (χ0) is 13.2. The summed E-state index contributed by atoms with van der Waals surface area (Å²) in [5, 5.41) is 11.6. The molecule has 96 valence electrons. The van der Waals surface area contributed by atoms with Crippen LogP contribution >= 0.6 is 23.2 Å². The lowest BCUT2D eigenvalue weighted by molar-refractivity contribution is -0.847. The topological polar surface area (TPSA) is 175 Å². The molecule has 10 nitrogen and oxygen atoms in total. The molecule has 0 aromatic rings. The van der Waals surface area contributed by atoms with Crippen LogP contribution in [-0.2, 0) is 13.7 Å². The van der Waals surface area contributed by atoms with Gasteiger partial charge in [-0.3, -0.25) is 13.8 Å². The maximum absolute atomic E-state index is 11.6. The van der Waals surface area contributed by atoms with Crippen LogP contribution in [0.5, 0.6) is 0 Å². The molecule has 0 bridgehead atoms. The number of hydrogen-bond donors (Lipinski definition) is 5. The highest BCUT2D eigenvalue weighted by molar-refractivity contribution is 7.52. The van der Waals surface area contributed by atoms with Gasteiger partial charge in [-0.25, -0.2) is 0 Å². The first-order valence-corrected chi connectivity index (χ1v) is 8.62. The first-order chi connectivity index (χ1) is 6.83. The molecule has 1 atom stereocenters. The van der Waals surface area contributed by atoms with E-state index < -0.39 is 46.7 Å². The van der Waals surface area contributed by atoms with Crippen LogP contribution in [0.15, 0.2) is 0 Å². The average molecular weight is 298 g/mol. The number of hydrogen-bond acceptors (Lipinski definition) is 4. The van der Waals surface area contributed by atoms with Crippen LogP contribution in [0.2, 0.25) is 0 Å². The van der Waals surface area contributed by atoms with Crippen molar-refractivity contribution >= 4 is 23.2 Å². The summed E-state index contributed by atoms with van der Waals surface area (Å²) in [4.78, 5) is 42.6. The number of nitrogens with zero attached hydrogens (tertiary/aromatic N) is 1. The normalized spacial score (nSPS) is 15.0. The van der Waals surface area contributed by atoms with Gasteiger partial charge in [0.25, 0.3) is 0 Å². The van der Waals surface area contributed by atoms with Crippen molar-refractivity contribution in [2.24, 2.45) is 0 Å². The van der Waals surface area contributed by atoms with Gasteiger partial charge in [0.1, 0.15) is 0 Å². The quantitative estimate of drug-likeness (QED) is 0.240. The smallest absolute Gasteiger partial charge is 0.566 e. The van der Waals surface area contributed by atoms with E-state index in [1.807, 2.05) is 0 Å². The van der Waals surface area contributed by atoms with E-state index >= 15 is 0 Å². The fourth-order valence-corrected chi connectivity index (χ4v) is 3.88. The van der Waals surface area contributed by atoms with E-state index in [1.54, 1.807) is 0 Å². The highest BCUT2D eigenvalue weighted by Crippen LogP contribution is 2.45. The summed E-state index contributed by atoms with van der Waals surface area (Å²) in [6, 6.07) is 0. The molecule has 13 heteroatoms. The van der Waals surface area contributed by atoms with Crippen molar-refractivity contribution in [1.82, 2.24) is 0 Å². The molecule has 0 aliphatic rings. The third kappa shape index (κ3) is 8.43. The van der Waals surface area contributed by atoms with Crippen LogP contribution in [0.1, 0.15) is 0 Å². The lowest BCUT2D eigenvalue weighted by Crippen LogP contribution is -2.43. The second-order valence-electron chi connectivity index (χ2n) is 3.16. The molecule has 0 heterocycles. The maximum atomic E-state index is 11.6. The number of quaternary nitrogens is 1. The van der Waals surface area contributed by atoms with Gasteiger partial charge >= 0.3 is 29.5 Å². The summed E-state index contributed by atoms with van der Waals surface area (Å²) in [6.07, 6.45) is -4.11. The van der Waals surface area contributed by atoms with Gasteiger partial charge in [-0.15, -0.1) is 0 Å². The minimum atomic E-state index is -4.85. The number of hydroxylamine groups is 3. The van der Waals surface area contributed by atoms with Gasteiger partial charge in [-0.1, -0.05) is 0 Å². The van der Waals surface area contributed by atoms with Crippen LogP contribution < -0.4 is 0 Å². The number of rotatable bonds is 6. The molecule has 1 unspecified atom stereocenters. The summed E-state index contributed by atoms with van der Waals surface area (Å²) in [5.74, 6) is 0. The molecule has 0 rings (SSSR count). The van der Waals surface area contributed by atoms with Crippen molar-refractivity contribution < 1.29 is 42.8 Å². The Morgan fingerprint density at radius 2 is 1.38 bits per heavy atom. The molecule has 0 aliphatic carbocycles. The minimum absolute atomic E-state index is 1.19. The third-order valence-corrected chi connectivity index (χ3v) is 3.79. The average Bonchev–Trinajstić information content (AvgIpc) is 1.69. The van der Waals surface area contributed by atoms with Crippen LogP contribution in [0.4, 0.5) is 0 Å². The SMILES string of the molecule is O=[P+](O)C[N+]([O-])(CP(=O)(O)O)CP(=O)(O)O. The van der Waals surface area contributed by atoms with Gasteiger partial charge in [-0.2, -0.15) is 4.89 Å².